The van der Waals surface area contributed by atoms with Crippen molar-refractivity contribution in [3.63, 3.8) is 0 Å². The summed E-state index contributed by atoms with van der Waals surface area (Å²) < 4.78 is 10.6. The topological polar surface area (TPSA) is 18.5 Å². The normalized spacial score (nSPS) is 9.73. The molecule has 2 aromatic carbocycles. The third-order valence-electron chi connectivity index (χ3n) is 2.92. The zero-order valence-electron chi connectivity index (χ0n) is 13.8. The average Bonchev–Trinajstić information content (AvgIpc) is 2.56. The molecule has 0 atom stereocenters. The highest BCUT2D eigenvalue weighted by molar-refractivity contribution is 9.08. The van der Waals surface area contributed by atoms with E-state index in [1.165, 1.54) is 16.0 Å². The first-order valence-corrected chi connectivity index (χ1v) is 9.16. The van der Waals surface area contributed by atoms with Gasteiger partial charge in [0.15, 0.2) is 0 Å². The summed E-state index contributed by atoms with van der Waals surface area (Å²) in [5.74, 6) is 1.61. The molecule has 0 N–H and O–H groups in total. The summed E-state index contributed by atoms with van der Waals surface area (Å²) in [6.07, 6.45) is 0. The summed E-state index contributed by atoms with van der Waals surface area (Å²) in [6.45, 7) is 6.11. The number of ether oxygens (including phenoxy) is 2. The first-order chi connectivity index (χ1) is 10.7. The van der Waals surface area contributed by atoms with Gasteiger partial charge in [0.1, 0.15) is 11.5 Å². The smallest absolute Gasteiger partial charge is 0.123 e. The Kier molecular flexibility index (Phi) is 8.43. The number of hydrogen-bond donors (Lipinski definition) is 0. The van der Waals surface area contributed by atoms with Gasteiger partial charge in [0.25, 0.3) is 0 Å². The van der Waals surface area contributed by atoms with Gasteiger partial charge >= 0.3 is 0 Å². The van der Waals surface area contributed by atoms with E-state index >= 15 is 0 Å². The van der Waals surface area contributed by atoms with E-state index in [1.807, 2.05) is 32.0 Å². The van der Waals surface area contributed by atoms with E-state index in [0.717, 1.165) is 21.7 Å². The number of methoxy groups -OCH3 is 2. The minimum absolute atomic E-state index is 0.805. The second-order valence-corrected chi connectivity index (χ2v) is 6.07. The molecule has 0 aromatic heterocycles. The predicted octanol–water partition coefficient (Wildman–Crippen LogP) is 6.08. The van der Waals surface area contributed by atoms with E-state index < -0.39 is 0 Å². The molecule has 2 nitrogen and oxygen atoms in total. The molecule has 0 amide bonds. The van der Waals surface area contributed by atoms with Gasteiger partial charge in [-0.25, -0.2) is 0 Å². The van der Waals surface area contributed by atoms with Gasteiger partial charge in [-0.3, -0.25) is 0 Å². The zero-order valence-corrected chi connectivity index (χ0v) is 16.2. The average molecular weight is 383 g/mol. The van der Waals surface area contributed by atoms with Gasteiger partial charge in [-0.1, -0.05) is 53.7 Å². The Morgan fingerprint density at radius 1 is 0.955 bits per heavy atom. The van der Waals surface area contributed by atoms with Crippen LogP contribution in [0.3, 0.4) is 0 Å². The lowest BCUT2D eigenvalue weighted by Crippen LogP contribution is -1.89. The quantitative estimate of drug-likeness (QED) is 0.583. The van der Waals surface area contributed by atoms with Gasteiger partial charge in [0.05, 0.1) is 14.2 Å². The van der Waals surface area contributed by atoms with Crippen LogP contribution in [0.4, 0.5) is 0 Å². The molecule has 120 valence electrons. The van der Waals surface area contributed by atoms with E-state index in [1.54, 1.807) is 26.0 Å². The van der Waals surface area contributed by atoms with Crippen LogP contribution in [0.2, 0.25) is 0 Å². The molecule has 0 saturated heterocycles. The summed E-state index contributed by atoms with van der Waals surface area (Å²) in [7, 11) is 3.33. The Morgan fingerprint density at radius 3 is 2.05 bits per heavy atom. The molecule has 2 rings (SSSR count). The Morgan fingerprint density at radius 2 is 1.55 bits per heavy atom. The standard InChI is InChI=1S/C16H17BrO2S.C2H6/c1-11-4-5-12(10-17)16(6-11)20-15-8-13(18-2)7-14(9-15)19-3;1-2/h4-9H,10H2,1-3H3;1-2H3. The van der Waals surface area contributed by atoms with Crippen molar-refractivity contribution < 1.29 is 9.47 Å². The summed E-state index contributed by atoms with van der Waals surface area (Å²) in [6, 6.07) is 12.4. The van der Waals surface area contributed by atoms with Gasteiger partial charge in [0.2, 0.25) is 0 Å². The van der Waals surface area contributed by atoms with Crippen LogP contribution in [0.15, 0.2) is 46.2 Å². The number of benzene rings is 2. The molecule has 0 saturated carbocycles. The fraction of sp³-hybridized carbons (Fsp3) is 0.333. The molecule has 0 spiro atoms. The van der Waals surface area contributed by atoms with Crippen molar-refractivity contribution in [2.75, 3.05) is 14.2 Å². The van der Waals surface area contributed by atoms with Gasteiger partial charge in [-0.15, -0.1) is 0 Å². The molecule has 2 aromatic rings. The van der Waals surface area contributed by atoms with Crippen molar-refractivity contribution in [2.45, 2.75) is 35.9 Å². The Balaban J connectivity index is 0.00000116. The van der Waals surface area contributed by atoms with Crippen LogP contribution < -0.4 is 9.47 Å². The van der Waals surface area contributed by atoms with E-state index in [-0.39, 0.29) is 0 Å². The van der Waals surface area contributed by atoms with Crippen LogP contribution >= 0.6 is 27.7 Å². The Hall–Kier alpha value is -1.13. The highest BCUT2D eigenvalue weighted by Gasteiger charge is 2.07. The van der Waals surface area contributed by atoms with Crippen LogP contribution in [0.25, 0.3) is 0 Å². The van der Waals surface area contributed by atoms with E-state index in [4.69, 9.17) is 9.47 Å². The maximum atomic E-state index is 5.31. The number of halogens is 1. The molecule has 4 heteroatoms. The maximum Gasteiger partial charge on any atom is 0.123 e. The van der Waals surface area contributed by atoms with Crippen LogP contribution in [-0.2, 0) is 5.33 Å². The van der Waals surface area contributed by atoms with Crippen molar-refractivity contribution in [1.82, 2.24) is 0 Å². The van der Waals surface area contributed by atoms with E-state index in [0.29, 0.717) is 0 Å². The number of hydrogen-bond acceptors (Lipinski definition) is 3. The summed E-state index contributed by atoms with van der Waals surface area (Å²) >= 11 is 5.26. The van der Waals surface area contributed by atoms with Crippen LogP contribution in [0, 0.1) is 6.92 Å². The van der Waals surface area contributed by atoms with Crippen LogP contribution in [-0.4, -0.2) is 14.2 Å². The van der Waals surface area contributed by atoms with Crippen LogP contribution in [0.5, 0.6) is 11.5 Å². The number of alkyl halides is 1. The fourth-order valence-corrected chi connectivity index (χ4v) is 3.63. The van der Waals surface area contributed by atoms with Crippen molar-refractivity contribution in [2.24, 2.45) is 0 Å². The number of rotatable bonds is 5. The molecule has 0 radical (unpaired) electrons. The molecule has 0 aliphatic rings. The first-order valence-electron chi connectivity index (χ1n) is 7.22. The Bertz CT molecular complexity index is 577. The molecule has 0 heterocycles. The molecule has 0 aliphatic carbocycles. The van der Waals surface area contributed by atoms with Gasteiger partial charge in [-0.2, -0.15) is 0 Å². The third-order valence-corrected chi connectivity index (χ3v) is 4.59. The second-order valence-electron chi connectivity index (χ2n) is 4.40. The lowest BCUT2D eigenvalue weighted by Gasteiger charge is -2.11. The maximum absolute atomic E-state index is 5.31. The lowest BCUT2D eigenvalue weighted by molar-refractivity contribution is 0.392. The molecule has 0 unspecified atom stereocenters. The molecule has 0 bridgehead atoms. The summed E-state index contributed by atoms with van der Waals surface area (Å²) in [4.78, 5) is 2.35. The van der Waals surface area contributed by atoms with Crippen molar-refractivity contribution in [3.05, 3.63) is 47.5 Å². The predicted molar refractivity (Wildman–Crippen MR) is 98.8 cm³/mol. The third kappa shape index (κ3) is 5.25. The molecule has 0 aliphatic heterocycles. The first kappa shape index (κ1) is 18.9. The van der Waals surface area contributed by atoms with Gasteiger partial charge in [0, 0.05) is 21.2 Å². The zero-order chi connectivity index (χ0) is 16.5. The van der Waals surface area contributed by atoms with Crippen molar-refractivity contribution in [3.8, 4) is 11.5 Å². The largest absolute Gasteiger partial charge is 0.497 e. The summed E-state index contributed by atoms with van der Waals surface area (Å²) in [5, 5.41) is 0.844. The number of aryl methyl sites for hydroxylation is 1. The van der Waals surface area contributed by atoms with Gasteiger partial charge < -0.3 is 9.47 Å². The second kappa shape index (κ2) is 9.80. The molecule has 22 heavy (non-hydrogen) atoms. The molecular formula is C18H23BrO2S. The highest BCUT2D eigenvalue weighted by Crippen LogP contribution is 2.36. The SMILES string of the molecule is CC.COc1cc(OC)cc(Sc2cc(C)ccc2CBr)c1. The lowest BCUT2D eigenvalue weighted by atomic mass is 10.2. The van der Waals surface area contributed by atoms with Crippen molar-refractivity contribution >= 4 is 27.7 Å². The van der Waals surface area contributed by atoms with Crippen molar-refractivity contribution in [1.29, 1.82) is 0 Å². The molecular weight excluding hydrogens is 360 g/mol. The summed E-state index contributed by atoms with van der Waals surface area (Å²) in [5.41, 5.74) is 2.54. The monoisotopic (exact) mass is 382 g/mol. The minimum atomic E-state index is 0.805. The van der Waals surface area contributed by atoms with E-state index in [2.05, 4.69) is 41.1 Å². The highest BCUT2D eigenvalue weighted by atomic mass is 79.9. The Labute approximate surface area is 146 Å². The van der Waals surface area contributed by atoms with Gasteiger partial charge in [-0.05, 0) is 36.2 Å². The van der Waals surface area contributed by atoms with E-state index in [9.17, 15) is 0 Å². The van der Waals surface area contributed by atoms with Crippen LogP contribution in [0.1, 0.15) is 25.0 Å². The minimum Gasteiger partial charge on any atom is -0.497 e. The molecule has 0 fully saturated rings. The fourth-order valence-electron chi connectivity index (χ4n) is 1.83.